The minimum absolute atomic E-state index is 0.232. The molecule has 0 N–H and O–H groups in total. The molecule has 1 amide bonds. The van der Waals surface area contributed by atoms with Gasteiger partial charge in [-0.15, -0.1) is 0 Å². The van der Waals surface area contributed by atoms with Crippen LogP contribution in [0.1, 0.15) is 19.4 Å². The average Bonchev–Trinajstić information content (AvgIpc) is 2.91. The molecule has 0 radical (unpaired) electrons. The molecule has 2 aliphatic heterocycles. The SMILES string of the molecule is CC(C)CN1C[C@@H]2CN(Cc3ccncc3)C(=O)[C@@H]2C1. The van der Waals surface area contributed by atoms with Gasteiger partial charge >= 0.3 is 0 Å². The van der Waals surface area contributed by atoms with Crippen molar-refractivity contribution in [3.8, 4) is 0 Å². The van der Waals surface area contributed by atoms with E-state index in [9.17, 15) is 4.79 Å². The minimum atomic E-state index is 0.232. The van der Waals surface area contributed by atoms with Crippen LogP contribution in [0.15, 0.2) is 24.5 Å². The summed E-state index contributed by atoms with van der Waals surface area (Å²) in [6, 6.07) is 3.99. The van der Waals surface area contributed by atoms with Crippen molar-refractivity contribution in [3.05, 3.63) is 30.1 Å². The highest BCUT2D eigenvalue weighted by Crippen LogP contribution is 2.33. The zero-order valence-electron chi connectivity index (χ0n) is 12.3. The summed E-state index contributed by atoms with van der Waals surface area (Å²) in [7, 11) is 0. The molecule has 4 nitrogen and oxygen atoms in total. The molecule has 0 unspecified atom stereocenters. The van der Waals surface area contributed by atoms with Crippen molar-refractivity contribution in [2.75, 3.05) is 26.2 Å². The lowest BCUT2D eigenvalue weighted by molar-refractivity contribution is -0.131. The Balaban J connectivity index is 1.60. The average molecular weight is 273 g/mol. The Morgan fingerprint density at radius 1 is 1.25 bits per heavy atom. The Hall–Kier alpha value is -1.42. The van der Waals surface area contributed by atoms with Gasteiger partial charge in [0.15, 0.2) is 0 Å². The molecule has 2 fully saturated rings. The molecular weight excluding hydrogens is 250 g/mol. The molecule has 108 valence electrons. The summed E-state index contributed by atoms with van der Waals surface area (Å²) in [5.74, 6) is 1.79. The molecule has 4 heteroatoms. The molecule has 0 saturated carbocycles. The van der Waals surface area contributed by atoms with Crippen LogP contribution in [0.25, 0.3) is 0 Å². The van der Waals surface area contributed by atoms with E-state index in [1.54, 1.807) is 12.4 Å². The van der Waals surface area contributed by atoms with Crippen molar-refractivity contribution in [1.29, 1.82) is 0 Å². The predicted molar refractivity (Wildman–Crippen MR) is 77.9 cm³/mol. The summed E-state index contributed by atoms with van der Waals surface area (Å²) in [6.45, 7) is 9.29. The Morgan fingerprint density at radius 2 is 2.00 bits per heavy atom. The molecule has 0 bridgehead atoms. The number of hydrogen-bond donors (Lipinski definition) is 0. The number of carbonyl (C=O) groups is 1. The topological polar surface area (TPSA) is 36.4 Å². The third kappa shape index (κ3) is 2.70. The smallest absolute Gasteiger partial charge is 0.227 e. The van der Waals surface area contributed by atoms with Crippen LogP contribution in [0, 0.1) is 17.8 Å². The molecule has 20 heavy (non-hydrogen) atoms. The standard InChI is InChI=1S/C16H23N3O/c1-12(2)7-18-9-14-10-19(16(20)15(14)11-18)8-13-3-5-17-6-4-13/h3-6,12,14-15H,7-11H2,1-2H3/t14-,15-/m1/s1. The Bertz CT molecular complexity index is 474. The second-order valence-electron chi connectivity index (χ2n) is 6.55. The number of rotatable bonds is 4. The summed E-state index contributed by atoms with van der Waals surface area (Å²) < 4.78 is 0. The summed E-state index contributed by atoms with van der Waals surface area (Å²) in [5.41, 5.74) is 1.17. The number of pyridine rings is 1. The van der Waals surface area contributed by atoms with Crippen molar-refractivity contribution in [3.63, 3.8) is 0 Å². The van der Waals surface area contributed by atoms with Gasteiger partial charge in [0.25, 0.3) is 0 Å². The van der Waals surface area contributed by atoms with Gasteiger partial charge in [-0.3, -0.25) is 9.78 Å². The van der Waals surface area contributed by atoms with Gasteiger partial charge in [-0.25, -0.2) is 0 Å². The second-order valence-corrected chi connectivity index (χ2v) is 6.55. The van der Waals surface area contributed by atoms with E-state index in [0.29, 0.717) is 17.7 Å². The molecule has 1 aromatic rings. The molecule has 2 aliphatic rings. The van der Waals surface area contributed by atoms with Gasteiger partial charge in [0.1, 0.15) is 0 Å². The molecule has 0 aromatic carbocycles. The van der Waals surface area contributed by atoms with Gasteiger partial charge in [0.05, 0.1) is 5.92 Å². The first kappa shape index (κ1) is 13.6. The molecule has 0 spiro atoms. The highest BCUT2D eigenvalue weighted by atomic mass is 16.2. The van der Waals surface area contributed by atoms with Crippen molar-refractivity contribution in [2.24, 2.45) is 17.8 Å². The first-order valence-electron chi connectivity index (χ1n) is 7.53. The summed E-state index contributed by atoms with van der Waals surface area (Å²) in [4.78, 5) is 21.0. The van der Waals surface area contributed by atoms with Gasteiger partial charge < -0.3 is 9.80 Å². The van der Waals surface area contributed by atoms with Crippen LogP contribution < -0.4 is 0 Å². The normalized spacial score (nSPS) is 26.6. The number of likely N-dealkylation sites (tertiary alicyclic amines) is 2. The van der Waals surface area contributed by atoms with E-state index in [1.807, 2.05) is 17.0 Å². The van der Waals surface area contributed by atoms with Gasteiger partial charge in [-0.2, -0.15) is 0 Å². The van der Waals surface area contributed by atoms with E-state index in [-0.39, 0.29) is 5.92 Å². The van der Waals surface area contributed by atoms with E-state index in [2.05, 4.69) is 23.7 Å². The zero-order valence-corrected chi connectivity index (χ0v) is 12.3. The maximum absolute atomic E-state index is 12.5. The van der Waals surface area contributed by atoms with Crippen LogP contribution in [-0.4, -0.2) is 46.9 Å². The molecule has 3 heterocycles. The van der Waals surface area contributed by atoms with Crippen LogP contribution in [-0.2, 0) is 11.3 Å². The fraction of sp³-hybridized carbons (Fsp3) is 0.625. The number of nitrogens with zero attached hydrogens (tertiary/aromatic N) is 3. The van der Waals surface area contributed by atoms with E-state index in [4.69, 9.17) is 0 Å². The molecule has 1 aromatic heterocycles. The lowest BCUT2D eigenvalue weighted by atomic mass is 10.0. The van der Waals surface area contributed by atoms with E-state index in [1.165, 1.54) is 5.56 Å². The predicted octanol–water partition coefficient (Wildman–Crippen LogP) is 1.63. The summed E-state index contributed by atoms with van der Waals surface area (Å²) in [6.07, 6.45) is 3.59. The molecule has 0 aliphatic carbocycles. The van der Waals surface area contributed by atoms with Crippen molar-refractivity contribution >= 4 is 5.91 Å². The second kappa shape index (κ2) is 5.52. The Morgan fingerprint density at radius 3 is 2.65 bits per heavy atom. The third-order valence-corrected chi connectivity index (χ3v) is 4.35. The highest BCUT2D eigenvalue weighted by molar-refractivity contribution is 5.82. The largest absolute Gasteiger partial charge is 0.338 e. The Labute approximate surface area is 120 Å². The number of aromatic nitrogens is 1. The van der Waals surface area contributed by atoms with Gasteiger partial charge in [0.2, 0.25) is 5.91 Å². The summed E-state index contributed by atoms with van der Waals surface area (Å²) in [5, 5.41) is 0. The fourth-order valence-corrected chi connectivity index (χ4v) is 3.55. The molecular formula is C16H23N3O. The van der Waals surface area contributed by atoms with Gasteiger partial charge in [-0.05, 0) is 23.6 Å². The highest BCUT2D eigenvalue weighted by Gasteiger charge is 2.45. The fourth-order valence-electron chi connectivity index (χ4n) is 3.55. The van der Waals surface area contributed by atoms with Crippen LogP contribution in [0.5, 0.6) is 0 Å². The number of amides is 1. The first-order valence-corrected chi connectivity index (χ1v) is 7.53. The zero-order chi connectivity index (χ0) is 14.1. The minimum Gasteiger partial charge on any atom is -0.338 e. The third-order valence-electron chi connectivity index (χ3n) is 4.35. The molecule has 3 rings (SSSR count). The lowest BCUT2D eigenvalue weighted by Crippen LogP contribution is -2.33. The van der Waals surface area contributed by atoms with Crippen molar-refractivity contribution < 1.29 is 4.79 Å². The summed E-state index contributed by atoms with van der Waals surface area (Å²) >= 11 is 0. The van der Waals surface area contributed by atoms with Crippen molar-refractivity contribution in [1.82, 2.24) is 14.8 Å². The number of fused-ring (bicyclic) bond motifs is 1. The van der Waals surface area contributed by atoms with Crippen molar-refractivity contribution in [2.45, 2.75) is 20.4 Å². The van der Waals surface area contributed by atoms with Gasteiger partial charge in [-0.1, -0.05) is 13.8 Å². The lowest BCUT2D eigenvalue weighted by Gasteiger charge is -2.22. The monoisotopic (exact) mass is 273 g/mol. The molecule has 2 atom stereocenters. The first-order chi connectivity index (χ1) is 9.63. The quantitative estimate of drug-likeness (QED) is 0.836. The maximum Gasteiger partial charge on any atom is 0.227 e. The Kier molecular flexibility index (Phi) is 3.74. The maximum atomic E-state index is 12.5. The van der Waals surface area contributed by atoms with Crippen LogP contribution in [0.4, 0.5) is 0 Å². The van der Waals surface area contributed by atoms with Crippen LogP contribution in [0.2, 0.25) is 0 Å². The number of hydrogen-bond acceptors (Lipinski definition) is 3. The molecule has 2 saturated heterocycles. The van der Waals surface area contributed by atoms with Crippen LogP contribution in [0.3, 0.4) is 0 Å². The van der Waals surface area contributed by atoms with Gasteiger partial charge in [0, 0.05) is 51.0 Å². The van der Waals surface area contributed by atoms with E-state index >= 15 is 0 Å². The van der Waals surface area contributed by atoms with Crippen LogP contribution >= 0.6 is 0 Å². The van der Waals surface area contributed by atoms with E-state index < -0.39 is 0 Å². The number of carbonyl (C=O) groups excluding carboxylic acids is 1. The van der Waals surface area contributed by atoms with E-state index in [0.717, 1.165) is 32.7 Å².